The first-order valence-corrected chi connectivity index (χ1v) is 10.3. The fourth-order valence-corrected chi connectivity index (χ4v) is 3.85. The molecule has 0 saturated heterocycles. The van der Waals surface area contributed by atoms with Crippen molar-refractivity contribution < 1.29 is 19.0 Å². The number of hydrogen-bond donors (Lipinski definition) is 1. The van der Waals surface area contributed by atoms with Crippen LogP contribution < -0.4 is 19.9 Å². The van der Waals surface area contributed by atoms with E-state index in [1.165, 1.54) is 0 Å². The van der Waals surface area contributed by atoms with E-state index in [9.17, 15) is 10.1 Å². The van der Waals surface area contributed by atoms with E-state index in [1.807, 2.05) is 25.1 Å². The van der Waals surface area contributed by atoms with Gasteiger partial charge < -0.3 is 19.9 Å². The highest BCUT2D eigenvalue weighted by molar-refractivity contribution is 6.31. The third kappa shape index (κ3) is 3.98. The maximum absolute atomic E-state index is 12.7. The summed E-state index contributed by atoms with van der Waals surface area (Å²) in [7, 11) is 0. The van der Waals surface area contributed by atoms with Crippen molar-refractivity contribution in [1.82, 2.24) is 0 Å². The van der Waals surface area contributed by atoms with Crippen molar-refractivity contribution in [3.63, 3.8) is 0 Å². The molecule has 0 aromatic heterocycles. The maximum Gasteiger partial charge on any atom is 0.347 e. The lowest BCUT2D eigenvalue weighted by atomic mass is 9.83. The third-order valence-electron chi connectivity index (χ3n) is 5.02. The van der Waals surface area contributed by atoms with Crippen molar-refractivity contribution in [1.29, 1.82) is 5.26 Å². The van der Waals surface area contributed by atoms with Crippen LogP contribution in [0.15, 0.2) is 78.2 Å². The summed E-state index contributed by atoms with van der Waals surface area (Å²) in [6.45, 7) is 2.26. The largest absolute Gasteiger partial charge is 0.493 e. The molecule has 3 aromatic carbocycles. The molecule has 0 spiro atoms. The molecule has 160 valence electrons. The Hall–Kier alpha value is -3.95. The molecule has 1 unspecified atom stereocenters. The standard InChI is InChI=1S/C25H19ClN2O4/c1-2-30-21-10-6-4-8-18(21)25(29)31-15-11-12-17-22(13-15)32-24(28)19(14-27)23(17)16-7-3-5-9-20(16)26/h3-13,23H,2,28H2,1H3. The molecule has 7 heteroatoms. The second kappa shape index (κ2) is 9.04. The fraction of sp³-hybridized carbons (Fsp3) is 0.120. The van der Waals surface area contributed by atoms with Crippen LogP contribution in [-0.2, 0) is 0 Å². The van der Waals surface area contributed by atoms with Crippen molar-refractivity contribution >= 4 is 17.6 Å². The minimum atomic E-state index is -0.561. The molecule has 0 amide bonds. The first kappa shape index (κ1) is 21.3. The fourth-order valence-electron chi connectivity index (χ4n) is 3.61. The highest BCUT2D eigenvalue weighted by Gasteiger charge is 2.32. The van der Waals surface area contributed by atoms with E-state index >= 15 is 0 Å². The number of benzene rings is 3. The summed E-state index contributed by atoms with van der Waals surface area (Å²) < 4.78 is 16.8. The number of fused-ring (bicyclic) bond motifs is 1. The second-order valence-corrected chi connectivity index (χ2v) is 7.37. The van der Waals surface area contributed by atoms with Gasteiger partial charge in [-0.2, -0.15) is 5.26 Å². The van der Waals surface area contributed by atoms with Gasteiger partial charge in [0, 0.05) is 16.7 Å². The Balaban J connectivity index is 1.69. The quantitative estimate of drug-likeness (QED) is 0.429. The van der Waals surface area contributed by atoms with Gasteiger partial charge >= 0.3 is 5.97 Å². The zero-order valence-electron chi connectivity index (χ0n) is 17.2. The Labute approximate surface area is 190 Å². The SMILES string of the molecule is CCOc1ccccc1C(=O)Oc1ccc2c(c1)OC(N)=C(C#N)C2c1ccccc1Cl. The van der Waals surface area contributed by atoms with Crippen molar-refractivity contribution in [3.8, 4) is 23.3 Å². The van der Waals surface area contributed by atoms with E-state index in [-0.39, 0.29) is 17.2 Å². The lowest BCUT2D eigenvalue weighted by Crippen LogP contribution is -2.21. The number of rotatable bonds is 5. The van der Waals surface area contributed by atoms with Crippen LogP contribution in [0.1, 0.15) is 34.3 Å². The van der Waals surface area contributed by atoms with Crippen LogP contribution in [0.5, 0.6) is 17.2 Å². The molecule has 0 fully saturated rings. The maximum atomic E-state index is 12.7. The number of carbonyl (C=O) groups excluding carboxylic acids is 1. The van der Waals surface area contributed by atoms with Crippen LogP contribution in [0.4, 0.5) is 0 Å². The molecule has 6 nitrogen and oxygen atoms in total. The molecule has 2 N–H and O–H groups in total. The number of halogens is 1. The Morgan fingerprint density at radius 1 is 1.12 bits per heavy atom. The molecule has 32 heavy (non-hydrogen) atoms. The number of carbonyl (C=O) groups is 1. The summed E-state index contributed by atoms with van der Waals surface area (Å²) in [4.78, 5) is 12.7. The number of nitrogens with zero attached hydrogens (tertiary/aromatic N) is 1. The number of para-hydroxylation sites is 1. The summed E-state index contributed by atoms with van der Waals surface area (Å²) in [6.07, 6.45) is 0. The van der Waals surface area contributed by atoms with Gasteiger partial charge in [-0.1, -0.05) is 48.0 Å². The summed E-state index contributed by atoms with van der Waals surface area (Å²) in [5.41, 5.74) is 8.05. The number of esters is 1. The summed E-state index contributed by atoms with van der Waals surface area (Å²) in [6, 6.07) is 21.2. The van der Waals surface area contributed by atoms with Crippen LogP contribution in [0.25, 0.3) is 0 Å². The Morgan fingerprint density at radius 3 is 2.62 bits per heavy atom. The Kier molecular flexibility index (Phi) is 6.02. The highest BCUT2D eigenvalue weighted by Crippen LogP contribution is 2.45. The van der Waals surface area contributed by atoms with Gasteiger partial charge in [0.05, 0.1) is 12.5 Å². The van der Waals surface area contributed by atoms with E-state index in [2.05, 4.69) is 6.07 Å². The van der Waals surface area contributed by atoms with Gasteiger partial charge in [0.15, 0.2) is 0 Å². The molecule has 1 aliphatic rings. The van der Waals surface area contributed by atoms with E-state index in [4.69, 9.17) is 31.5 Å². The van der Waals surface area contributed by atoms with E-state index in [1.54, 1.807) is 48.5 Å². The van der Waals surface area contributed by atoms with Crippen molar-refractivity contribution in [2.45, 2.75) is 12.8 Å². The van der Waals surface area contributed by atoms with Crippen LogP contribution in [0.3, 0.4) is 0 Å². The van der Waals surface area contributed by atoms with E-state index < -0.39 is 11.9 Å². The number of allylic oxidation sites excluding steroid dienone is 1. The predicted molar refractivity (Wildman–Crippen MR) is 120 cm³/mol. The Morgan fingerprint density at radius 2 is 1.88 bits per heavy atom. The van der Waals surface area contributed by atoms with Crippen molar-refractivity contribution in [3.05, 3.63) is 99.9 Å². The number of hydrogen-bond acceptors (Lipinski definition) is 6. The van der Waals surface area contributed by atoms with Crippen LogP contribution in [0, 0.1) is 11.3 Å². The average molecular weight is 447 g/mol. The zero-order chi connectivity index (χ0) is 22.7. The summed E-state index contributed by atoms with van der Waals surface area (Å²) in [5.74, 6) is 0.0180. The molecule has 4 rings (SSSR count). The Bertz CT molecular complexity index is 1260. The second-order valence-electron chi connectivity index (χ2n) is 6.96. The molecule has 1 heterocycles. The van der Waals surface area contributed by atoms with Gasteiger partial charge in [-0.15, -0.1) is 0 Å². The predicted octanol–water partition coefficient (Wildman–Crippen LogP) is 5.18. The van der Waals surface area contributed by atoms with Gasteiger partial charge in [-0.3, -0.25) is 0 Å². The monoisotopic (exact) mass is 446 g/mol. The molecule has 3 aromatic rings. The number of nitriles is 1. The van der Waals surface area contributed by atoms with Crippen LogP contribution in [0.2, 0.25) is 5.02 Å². The summed E-state index contributed by atoms with van der Waals surface area (Å²) >= 11 is 6.41. The molecule has 0 bridgehead atoms. The molecule has 0 saturated carbocycles. The normalized spacial score (nSPS) is 14.7. The highest BCUT2D eigenvalue weighted by atomic mass is 35.5. The average Bonchev–Trinajstić information content (AvgIpc) is 2.79. The first-order valence-electron chi connectivity index (χ1n) is 9.93. The lowest BCUT2D eigenvalue weighted by molar-refractivity contribution is 0.0730. The zero-order valence-corrected chi connectivity index (χ0v) is 17.9. The molecular formula is C25H19ClN2O4. The van der Waals surface area contributed by atoms with Gasteiger partial charge in [-0.05, 0) is 36.8 Å². The van der Waals surface area contributed by atoms with Gasteiger partial charge in [-0.25, -0.2) is 4.79 Å². The minimum Gasteiger partial charge on any atom is -0.493 e. The first-order chi connectivity index (χ1) is 15.5. The molecule has 0 aliphatic carbocycles. The molecule has 1 aliphatic heterocycles. The van der Waals surface area contributed by atoms with Crippen LogP contribution in [-0.4, -0.2) is 12.6 Å². The van der Waals surface area contributed by atoms with Crippen molar-refractivity contribution in [2.75, 3.05) is 6.61 Å². The van der Waals surface area contributed by atoms with E-state index in [0.717, 1.165) is 5.56 Å². The van der Waals surface area contributed by atoms with Gasteiger partial charge in [0.25, 0.3) is 0 Å². The summed E-state index contributed by atoms with van der Waals surface area (Å²) in [5, 5.41) is 10.2. The van der Waals surface area contributed by atoms with Gasteiger partial charge in [0.2, 0.25) is 5.88 Å². The number of nitrogens with two attached hydrogens (primary N) is 1. The van der Waals surface area contributed by atoms with Crippen LogP contribution >= 0.6 is 11.6 Å². The van der Waals surface area contributed by atoms with Gasteiger partial charge in [0.1, 0.15) is 34.5 Å². The molecule has 1 atom stereocenters. The van der Waals surface area contributed by atoms with E-state index in [0.29, 0.717) is 34.3 Å². The van der Waals surface area contributed by atoms with Crippen molar-refractivity contribution in [2.24, 2.45) is 5.73 Å². The molecular weight excluding hydrogens is 428 g/mol. The number of ether oxygens (including phenoxy) is 3. The lowest BCUT2D eigenvalue weighted by Gasteiger charge is -2.27. The topological polar surface area (TPSA) is 94.6 Å². The minimum absolute atomic E-state index is 0.0184. The smallest absolute Gasteiger partial charge is 0.347 e. The third-order valence-corrected chi connectivity index (χ3v) is 5.37. The molecule has 0 radical (unpaired) electrons.